The highest BCUT2D eigenvalue weighted by atomic mass is 32.1. The van der Waals surface area contributed by atoms with E-state index in [9.17, 15) is 18.0 Å². The largest absolute Gasteiger partial charge is 0.282 e. The fraction of sp³-hybridized carbons (Fsp3) is 0.190. The van der Waals surface area contributed by atoms with Crippen molar-refractivity contribution in [2.45, 2.75) is 20.4 Å². The molecular weight excluding hydrogens is 413 g/mol. The van der Waals surface area contributed by atoms with Crippen LogP contribution in [0.1, 0.15) is 21.7 Å². The smallest absolute Gasteiger partial charge is 0.260 e. The lowest BCUT2D eigenvalue weighted by atomic mass is 10.2. The maximum Gasteiger partial charge on any atom is 0.260 e. The Morgan fingerprint density at radius 1 is 1.07 bits per heavy atom. The highest BCUT2D eigenvalue weighted by Crippen LogP contribution is 2.32. The van der Waals surface area contributed by atoms with Crippen LogP contribution in [0.3, 0.4) is 0 Å². The number of carbonyl (C=O) groups excluding carboxylic acids is 1. The van der Waals surface area contributed by atoms with Crippen LogP contribution >= 0.6 is 11.3 Å². The van der Waals surface area contributed by atoms with Crippen molar-refractivity contribution < 1.29 is 18.0 Å². The van der Waals surface area contributed by atoms with E-state index in [1.165, 1.54) is 35.2 Å². The molecule has 0 unspecified atom stereocenters. The molecule has 4 aromatic rings. The van der Waals surface area contributed by atoms with Crippen LogP contribution in [0, 0.1) is 31.3 Å². The molecule has 0 bridgehead atoms. The summed E-state index contributed by atoms with van der Waals surface area (Å²) in [5.74, 6) is -2.38. The van der Waals surface area contributed by atoms with E-state index in [4.69, 9.17) is 0 Å². The first kappa shape index (κ1) is 20.1. The molecule has 2 aromatic carbocycles. The summed E-state index contributed by atoms with van der Waals surface area (Å²) in [5.41, 5.74) is 2.04. The molecule has 0 spiro atoms. The van der Waals surface area contributed by atoms with Crippen LogP contribution in [0.15, 0.2) is 42.5 Å². The molecule has 0 atom stereocenters. The number of carbonyl (C=O) groups is 1. The van der Waals surface area contributed by atoms with E-state index >= 15 is 0 Å². The van der Waals surface area contributed by atoms with E-state index < -0.39 is 23.4 Å². The summed E-state index contributed by atoms with van der Waals surface area (Å²) in [6, 6.07) is 9.00. The molecule has 0 aliphatic rings. The van der Waals surface area contributed by atoms with Gasteiger partial charge in [0.15, 0.2) is 10.9 Å². The summed E-state index contributed by atoms with van der Waals surface area (Å²) >= 11 is 1.01. The van der Waals surface area contributed by atoms with Crippen molar-refractivity contribution >= 4 is 32.6 Å². The number of anilines is 1. The van der Waals surface area contributed by atoms with Gasteiger partial charge >= 0.3 is 0 Å². The lowest BCUT2D eigenvalue weighted by molar-refractivity contribution is 0.0985. The molecule has 0 radical (unpaired) electrons. The second kappa shape index (κ2) is 7.91. The van der Waals surface area contributed by atoms with E-state index in [1.807, 2.05) is 19.9 Å². The Bertz CT molecular complexity index is 1230. The van der Waals surface area contributed by atoms with Crippen LogP contribution in [0.25, 0.3) is 10.2 Å². The van der Waals surface area contributed by atoms with Crippen molar-refractivity contribution in [3.8, 4) is 0 Å². The zero-order valence-corrected chi connectivity index (χ0v) is 17.0. The van der Waals surface area contributed by atoms with Crippen molar-refractivity contribution in [2.75, 3.05) is 11.4 Å². The number of aromatic nitrogens is 3. The molecule has 0 aliphatic carbocycles. The molecular formula is C21H17F3N4OS. The predicted molar refractivity (Wildman–Crippen MR) is 109 cm³/mol. The fourth-order valence-corrected chi connectivity index (χ4v) is 4.22. The van der Waals surface area contributed by atoms with Crippen molar-refractivity contribution in [2.24, 2.45) is 0 Å². The van der Waals surface area contributed by atoms with Gasteiger partial charge in [-0.05, 0) is 50.2 Å². The molecule has 9 heteroatoms. The van der Waals surface area contributed by atoms with Crippen LogP contribution in [0.4, 0.5) is 18.3 Å². The van der Waals surface area contributed by atoms with Gasteiger partial charge in [-0.3, -0.25) is 14.4 Å². The van der Waals surface area contributed by atoms with Gasteiger partial charge in [-0.2, -0.15) is 5.10 Å². The molecule has 0 aliphatic heterocycles. The highest BCUT2D eigenvalue weighted by molar-refractivity contribution is 7.22. The first-order valence-corrected chi connectivity index (χ1v) is 9.97. The van der Waals surface area contributed by atoms with Gasteiger partial charge in [0.05, 0.1) is 16.9 Å². The van der Waals surface area contributed by atoms with E-state index in [1.54, 1.807) is 4.68 Å². The molecule has 154 valence electrons. The van der Waals surface area contributed by atoms with Gasteiger partial charge in [0, 0.05) is 23.9 Å². The third-order valence-corrected chi connectivity index (χ3v) is 5.63. The highest BCUT2D eigenvalue weighted by Gasteiger charge is 2.23. The number of aryl methyl sites for hydroxylation is 2. The molecule has 1 amide bonds. The number of hydrogen-bond acceptors (Lipinski definition) is 4. The molecule has 0 fully saturated rings. The minimum Gasteiger partial charge on any atom is -0.282 e. The van der Waals surface area contributed by atoms with Crippen molar-refractivity contribution in [3.05, 3.63) is 76.9 Å². The Kier molecular flexibility index (Phi) is 5.29. The first-order valence-electron chi connectivity index (χ1n) is 9.16. The number of amides is 1. The van der Waals surface area contributed by atoms with E-state index in [2.05, 4.69) is 10.1 Å². The normalized spacial score (nSPS) is 11.2. The zero-order chi connectivity index (χ0) is 21.4. The summed E-state index contributed by atoms with van der Waals surface area (Å²) in [4.78, 5) is 18.8. The van der Waals surface area contributed by atoms with E-state index in [0.717, 1.165) is 28.8 Å². The van der Waals surface area contributed by atoms with Gasteiger partial charge in [0.2, 0.25) is 0 Å². The first-order chi connectivity index (χ1) is 14.3. The monoisotopic (exact) mass is 430 g/mol. The minimum absolute atomic E-state index is 0.000537. The van der Waals surface area contributed by atoms with Crippen LogP contribution in [-0.2, 0) is 6.54 Å². The SMILES string of the molecule is Cc1cc(C)n(CCN(C(=O)c2ccc(F)cc2)c2nc3c(F)cc(F)cc3s2)n1. The Balaban J connectivity index is 1.72. The van der Waals surface area contributed by atoms with E-state index in [0.29, 0.717) is 11.2 Å². The van der Waals surface area contributed by atoms with Gasteiger partial charge in [-0.1, -0.05) is 11.3 Å². The maximum atomic E-state index is 14.1. The van der Waals surface area contributed by atoms with Crippen LogP contribution in [0.2, 0.25) is 0 Å². The number of hydrogen-bond donors (Lipinski definition) is 0. The topological polar surface area (TPSA) is 51.0 Å². The number of rotatable bonds is 5. The molecule has 0 saturated carbocycles. The molecule has 0 N–H and O–H groups in total. The van der Waals surface area contributed by atoms with Gasteiger partial charge in [0.1, 0.15) is 17.2 Å². The summed E-state index contributed by atoms with van der Waals surface area (Å²) in [6.45, 7) is 4.35. The van der Waals surface area contributed by atoms with Crippen LogP contribution in [-0.4, -0.2) is 27.2 Å². The average molecular weight is 430 g/mol. The Morgan fingerprint density at radius 3 is 2.47 bits per heavy atom. The maximum absolute atomic E-state index is 14.1. The summed E-state index contributed by atoms with van der Waals surface area (Å²) in [5, 5.41) is 4.62. The third kappa shape index (κ3) is 3.93. The molecule has 5 nitrogen and oxygen atoms in total. The summed E-state index contributed by atoms with van der Waals surface area (Å²) < 4.78 is 43.1. The zero-order valence-electron chi connectivity index (χ0n) is 16.2. The Morgan fingerprint density at radius 2 is 1.80 bits per heavy atom. The van der Waals surface area contributed by atoms with Gasteiger partial charge in [0.25, 0.3) is 5.91 Å². The third-order valence-electron chi connectivity index (χ3n) is 4.61. The number of thiazole rings is 1. The lowest BCUT2D eigenvalue weighted by Crippen LogP contribution is -2.34. The molecule has 4 rings (SSSR count). The van der Waals surface area contributed by atoms with Crippen molar-refractivity contribution in [3.63, 3.8) is 0 Å². The summed E-state index contributed by atoms with van der Waals surface area (Å²) in [7, 11) is 0. The van der Waals surface area contributed by atoms with Gasteiger partial charge < -0.3 is 0 Å². The van der Waals surface area contributed by atoms with Crippen molar-refractivity contribution in [1.82, 2.24) is 14.8 Å². The van der Waals surface area contributed by atoms with Crippen LogP contribution < -0.4 is 4.90 Å². The second-order valence-corrected chi connectivity index (χ2v) is 7.85. The molecule has 2 heterocycles. The molecule has 0 saturated heterocycles. The van der Waals surface area contributed by atoms with E-state index in [-0.39, 0.29) is 22.8 Å². The van der Waals surface area contributed by atoms with Crippen LogP contribution in [0.5, 0.6) is 0 Å². The fourth-order valence-electron chi connectivity index (χ4n) is 3.19. The Hall–Kier alpha value is -3.20. The number of fused-ring (bicyclic) bond motifs is 1. The predicted octanol–water partition coefficient (Wildman–Crippen LogP) is 4.87. The Labute approximate surface area is 174 Å². The number of nitrogens with zero attached hydrogens (tertiary/aromatic N) is 4. The second-order valence-electron chi connectivity index (χ2n) is 6.84. The lowest BCUT2D eigenvalue weighted by Gasteiger charge is -2.20. The van der Waals surface area contributed by atoms with Crippen molar-refractivity contribution in [1.29, 1.82) is 0 Å². The van der Waals surface area contributed by atoms with Gasteiger partial charge in [-0.25, -0.2) is 18.2 Å². The quantitative estimate of drug-likeness (QED) is 0.454. The average Bonchev–Trinajstić information content (AvgIpc) is 3.25. The molecule has 2 aromatic heterocycles. The standard InChI is InChI=1S/C21H17F3N4OS/c1-12-9-13(2)28(26-12)8-7-27(20(29)14-3-5-15(22)6-4-14)21-25-19-17(24)10-16(23)11-18(19)30-21/h3-6,9-11H,7-8H2,1-2H3. The number of halogens is 3. The molecule has 30 heavy (non-hydrogen) atoms. The number of benzene rings is 2. The van der Waals surface area contributed by atoms with Gasteiger partial charge in [-0.15, -0.1) is 0 Å². The minimum atomic E-state index is -0.791. The summed E-state index contributed by atoms with van der Waals surface area (Å²) in [6.07, 6.45) is 0.